The maximum atomic E-state index is 10.8. The molecule has 0 bridgehead atoms. The number of carbonyl (C=O) groups is 2. The molecule has 4 N–H and O–H groups in total. The van der Waals surface area contributed by atoms with Gasteiger partial charge >= 0.3 is 35.5 Å². The number of amides is 1. The number of aliphatic carboxylic acids is 1. The van der Waals surface area contributed by atoms with E-state index in [-0.39, 0.29) is 43.4 Å². The third kappa shape index (κ3) is 34.4. The molecule has 0 fully saturated rings. The van der Waals surface area contributed by atoms with Crippen LogP contribution in [0.25, 0.3) is 0 Å². The van der Waals surface area contributed by atoms with E-state index in [2.05, 4.69) is 24.4 Å². The van der Waals surface area contributed by atoms with E-state index in [9.17, 15) is 9.59 Å². The van der Waals surface area contributed by atoms with Gasteiger partial charge in [-0.25, -0.2) is 5.48 Å². The van der Waals surface area contributed by atoms with Crippen LogP contribution in [0, 0.1) is 0 Å². The minimum atomic E-state index is -0.796. The summed E-state index contributed by atoms with van der Waals surface area (Å²) in [4.78, 5) is 20.7. The molecule has 0 saturated heterocycles. The number of unbranched alkanes of at least 4 members (excludes halogenated alkanes) is 11. The Morgan fingerprint density at radius 3 is 1.81 bits per heavy atom. The van der Waals surface area contributed by atoms with Crippen molar-refractivity contribution in [1.29, 1.82) is 0 Å². The summed E-state index contributed by atoms with van der Waals surface area (Å²) in [5.74, 6) is -1.07. The van der Waals surface area contributed by atoms with Crippen molar-refractivity contribution in [3.05, 3.63) is 12.2 Å². The van der Waals surface area contributed by atoms with Crippen molar-refractivity contribution in [2.24, 2.45) is 0 Å². The molecule has 7 heteroatoms. The zero-order valence-corrected chi connectivity index (χ0v) is 22.8. The molecular formula is C24H49N2NaO4. The molecule has 0 spiro atoms. The Morgan fingerprint density at radius 2 is 1.35 bits per heavy atom. The largest absolute Gasteiger partial charge is 1.00 e. The van der Waals surface area contributed by atoms with E-state index in [1.807, 2.05) is 13.8 Å². The second-order valence-corrected chi connectivity index (χ2v) is 7.95. The SMILES string of the molecule is CCC(C)NCC(=O)O.CCCCCCCC/C=C\CCCCCCCC(=O)NO.[H-].[Na+]. The Morgan fingerprint density at radius 1 is 0.871 bits per heavy atom. The van der Waals surface area contributed by atoms with Crippen LogP contribution in [0.4, 0.5) is 0 Å². The first-order valence-electron chi connectivity index (χ1n) is 12.0. The average molecular weight is 453 g/mol. The number of nitrogens with one attached hydrogen (secondary N) is 2. The monoisotopic (exact) mass is 452 g/mol. The summed E-state index contributed by atoms with van der Waals surface area (Å²) in [5.41, 5.74) is 1.67. The Hall–Kier alpha value is -0.400. The quantitative estimate of drug-likeness (QED) is 0.0794. The van der Waals surface area contributed by atoms with Crippen LogP contribution in [0.2, 0.25) is 0 Å². The molecule has 1 atom stereocenters. The van der Waals surface area contributed by atoms with Crippen LogP contribution in [0.3, 0.4) is 0 Å². The number of carboxylic acids is 1. The molecule has 0 heterocycles. The molecule has 0 aliphatic carbocycles. The van der Waals surface area contributed by atoms with Gasteiger partial charge in [0.05, 0.1) is 6.54 Å². The van der Waals surface area contributed by atoms with Gasteiger partial charge < -0.3 is 11.8 Å². The molecule has 0 aromatic rings. The first-order chi connectivity index (χ1) is 14.5. The van der Waals surface area contributed by atoms with Crippen molar-refractivity contribution < 1.29 is 50.9 Å². The third-order valence-electron chi connectivity index (χ3n) is 5.00. The molecule has 1 unspecified atom stereocenters. The number of rotatable bonds is 19. The molecule has 0 saturated carbocycles. The van der Waals surface area contributed by atoms with Gasteiger partial charge in [0.15, 0.2) is 0 Å². The van der Waals surface area contributed by atoms with E-state index in [0.717, 1.165) is 19.3 Å². The number of hydrogen-bond acceptors (Lipinski definition) is 4. The van der Waals surface area contributed by atoms with Crippen molar-refractivity contribution in [2.75, 3.05) is 6.54 Å². The molecule has 31 heavy (non-hydrogen) atoms. The van der Waals surface area contributed by atoms with Gasteiger partial charge in [-0.1, -0.05) is 77.4 Å². The molecular weight excluding hydrogens is 403 g/mol. The van der Waals surface area contributed by atoms with Gasteiger partial charge in [-0.05, 0) is 45.4 Å². The maximum Gasteiger partial charge on any atom is 1.00 e. The van der Waals surface area contributed by atoms with Gasteiger partial charge in [0, 0.05) is 12.5 Å². The van der Waals surface area contributed by atoms with Gasteiger partial charge in [0.25, 0.3) is 0 Å². The molecule has 0 aromatic heterocycles. The Bertz CT molecular complexity index is 427. The maximum absolute atomic E-state index is 10.8. The summed E-state index contributed by atoms with van der Waals surface area (Å²) in [6.07, 6.45) is 22.4. The van der Waals surface area contributed by atoms with Crippen LogP contribution >= 0.6 is 0 Å². The molecule has 0 aliphatic heterocycles. The summed E-state index contributed by atoms with van der Waals surface area (Å²) in [6.45, 7) is 6.30. The van der Waals surface area contributed by atoms with Gasteiger partial charge in [0.2, 0.25) is 5.91 Å². The predicted molar refractivity (Wildman–Crippen MR) is 126 cm³/mol. The van der Waals surface area contributed by atoms with Crippen LogP contribution in [0.5, 0.6) is 0 Å². The van der Waals surface area contributed by atoms with Crippen LogP contribution in [-0.2, 0) is 9.59 Å². The minimum Gasteiger partial charge on any atom is -1.00 e. The average Bonchev–Trinajstić information content (AvgIpc) is 2.74. The van der Waals surface area contributed by atoms with Gasteiger partial charge in [-0.15, -0.1) is 0 Å². The van der Waals surface area contributed by atoms with Crippen molar-refractivity contribution in [1.82, 2.24) is 10.8 Å². The summed E-state index contributed by atoms with van der Waals surface area (Å²) >= 11 is 0. The Labute approximate surface area is 214 Å². The molecule has 0 aliphatic rings. The van der Waals surface area contributed by atoms with Crippen molar-refractivity contribution in [3.63, 3.8) is 0 Å². The van der Waals surface area contributed by atoms with Crippen LogP contribution in [0.1, 0.15) is 119 Å². The van der Waals surface area contributed by atoms with E-state index in [1.54, 1.807) is 5.48 Å². The zero-order valence-electron chi connectivity index (χ0n) is 21.8. The fraction of sp³-hybridized carbons (Fsp3) is 0.833. The number of allylic oxidation sites excluding steroid dienone is 2. The fourth-order valence-corrected chi connectivity index (χ4v) is 2.82. The minimum absolute atomic E-state index is 0. The predicted octanol–water partition coefficient (Wildman–Crippen LogP) is 3.10. The Kier molecular flexibility index (Phi) is 33.6. The van der Waals surface area contributed by atoms with Crippen LogP contribution in [-0.4, -0.2) is 34.8 Å². The van der Waals surface area contributed by atoms with Gasteiger partial charge in [-0.3, -0.25) is 14.8 Å². The summed E-state index contributed by atoms with van der Waals surface area (Å²) in [7, 11) is 0. The van der Waals surface area contributed by atoms with Crippen molar-refractivity contribution >= 4 is 11.9 Å². The van der Waals surface area contributed by atoms with Crippen molar-refractivity contribution in [3.8, 4) is 0 Å². The molecule has 0 aromatic carbocycles. The second kappa shape index (κ2) is 29.6. The number of carbonyl (C=O) groups excluding carboxylic acids is 1. The van der Waals surface area contributed by atoms with E-state index in [1.165, 1.54) is 70.6 Å². The van der Waals surface area contributed by atoms with Gasteiger partial charge in [-0.2, -0.15) is 0 Å². The molecule has 180 valence electrons. The summed E-state index contributed by atoms with van der Waals surface area (Å²) in [5, 5.41) is 19.4. The number of hydroxylamine groups is 1. The normalized spacial score (nSPS) is 11.4. The van der Waals surface area contributed by atoms with Crippen molar-refractivity contribution in [2.45, 2.75) is 123 Å². The first kappa shape index (κ1) is 35.2. The standard InChI is InChI=1S/C18H35NO2.C6H13NO2.Na.H/c1-2-3-4-5-6-7-8-9-10-11-12-13-14-15-16-17-18(20)19-21;1-3-5(2)7-4-6(8)9;;/h9-10,21H,2-8,11-17H2,1H3,(H,19,20);5,7H,3-4H2,1-2H3,(H,8,9);;/q;;+1;-1/b10-9-;;;. The van der Waals surface area contributed by atoms with E-state index in [0.29, 0.717) is 12.5 Å². The topological polar surface area (TPSA) is 98.7 Å². The molecule has 0 rings (SSSR count). The second-order valence-electron chi connectivity index (χ2n) is 7.95. The molecule has 0 radical (unpaired) electrons. The summed E-state index contributed by atoms with van der Waals surface area (Å²) < 4.78 is 0. The summed E-state index contributed by atoms with van der Waals surface area (Å²) in [6, 6.07) is 0.307. The van der Waals surface area contributed by atoms with E-state index in [4.69, 9.17) is 10.3 Å². The van der Waals surface area contributed by atoms with Crippen LogP contribution < -0.4 is 40.4 Å². The zero-order chi connectivity index (χ0) is 22.9. The Balaban J connectivity index is -0.000000303. The van der Waals surface area contributed by atoms with E-state index >= 15 is 0 Å². The molecule has 6 nitrogen and oxygen atoms in total. The third-order valence-corrected chi connectivity index (χ3v) is 5.00. The molecule has 1 amide bonds. The van der Waals surface area contributed by atoms with Gasteiger partial charge in [0.1, 0.15) is 0 Å². The number of hydrogen-bond donors (Lipinski definition) is 4. The fourth-order valence-electron chi connectivity index (χ4n) is 2.82. The smallest absolute Gasteiger partial charge is 1.00 e. The first-order valence-corrected chi connectivity index (χ1v) is 12.0. The van der Waals surface area contributed by atoms with E-state index < -0.39 is 5.97 Å². The number of carboxylic acid groups (broad SMARTS) is 1. The van der Waals surface area contributed by atoms with Crippen LogP contribution in [0.15, 0.2) is 12.2 Å².